The molecule has 0 aliphatic carbocycles. The molecule has 0 aromatic heterocycles. The molecule has 0 aromatic rings. The van der Waals surface area contributed by atoms with Gasteiger partial charge in [-0.05, 0) is 6.42 Å². The van der Waals surface area contributed by atoms with Crippen LogP contribution in [-0.4, -0.2) is 8.13 Å². The molecule has 0 aromatic carbocycles. The minimum atomic E-state index is -1.36. The molecule has 62 valence electrons. The summed E-state index contributed by atoms with van der Waals surface area (Å²) >= 11 is 27.8. The molecule has 5 heteroatoms. The van der Waals surface area contributed by atoms with Gasteiger partial charge in [-0.2, -0.15) is 0 Å². The van der Waals surface area contributed by atoms with Crippen LogP contribution in [0.4, 0.5) is 0 Å². The van der Waals surface area contributed by atoms with Gasteiger partial charge in [-0.25, -0.2) is 0 Å². The number of hydrogen-bond acceptors (Lipinski definition) is 0. The van der Waals surface area contributed by atoms with E-state index in [0.717, 1.165) is 0 Å². The molecule has 0 atom stereocenters. The first-order valence-electron chi connectivity index (χ1n) is 2.71. The third-order valence-corrected chi connectivity index (χ3v) is 2.18. The van der Waals surface area contributed by atoms with Crippen molar-refractivity contribution in [2.75, 3.05) is 0 Å². The Bertz CT molecular complexity index is 103. The average molecular weight is 244 g/mol. The molecule has 0 saturated heterocycles. The highest BCUT2D eigenvalue weighted by atomic mass is 35.6. The molecule has 0 heterocycles. The Morgan fingerprint density at radius 1 is 1.00 bits per heavy atom. The lowest BCUT2D eigenvalue weighted by molar-refractivity contribution is 0.683. The van der Waals surface area contributed by atoms with E-state index in [2.05, 4.69) is 0 Å². The fraction of sp³-hybridized carbons (Fsp3) is 1.00. The second-order valence-corrected chi connectivity index (χ2v) is 6.16. The molecule has 0 amide bonds. The van der Waals surface area contributed by atoms with Crippen molar-refractivity contribution in [1.29, 1.82) is 0 Å². The molecule has 0 fully saturated rings. The van der Waals surface area contributed by atoms with Crippen LogP contribution in [0.2, 0.25) is 0 Å². The zero-order valence-electron chi connectivity index (χ0n) is 5.30. The Labute approximate surface area is 85.7 Å². The second kappa shape index (κ2) is 3.91. The van der Waals surface area contributed by atoms with Gasteiger partial charge in [0.15, 0.2) is 3.79 Å². The van der Waals surface area contributed by atoms with Crippen LogP contribution in [0.3, 0.4) is 0 Å². The zero-order valence-corrected chi connectivity index (χ0v) is 9.08. The van der Waals surface area contributed by atoms with Crippen molar-refractivity contribution in [3.05, 3.63) is 0 Å². The molecule has 0 radical (unpaired) electrons. The number of halogens is 5. The monoisotopic (exact) mass is 242 g/mol. The van der Waals surface area contributed by atoms with Crippen LogP contribution in [0.5, 0.6) is 0 Å². The van der Waals surface area contributed by atoms with Crippen molar-refractivity contribution in [3.8, 4) is 0 Å². The summed E-state index contributed by atoms with van der Waals surface area (Å²) < 4.78 is -2.29. The Hall–Kier alpha value is 1.45. The highest BCUT2D eigenvalue weighted by Crippen LogP contribution is 2.41. The van der Waals surface area contributed by atoms with E-state index in [4.69, 9.17) is 58.0 Å². The maximum Gasteiger partial charge on any atom is 0.193 e. The van der Waals surface area contributed by atoms with Crippen LogP contribution < -0.4 is 0 Å². The molecule has 0 saturated carbocycles. The SMILES string of the molecule is CCC(Cl)(Cl)CC(Cl)(Cl)Cl. The van der Waals surface area contributed by atoms with E-state index in [1.54, 1.807) is 0 Å². The van der Waals surface area contributed by atoms with E-state index in [1.807, 2.05) is 6.92 Å². The van der Waals surface area contributed by atoms with Gasteiger partial charge in [-0.1, -0.05) is 41.7 Å². The Balaban J connectivity index is 3.89. The van der Waals surface area contributed by atoms with Gasteiger partial charge >= 0.3 is 0 Å². The van der Waals surface area contributed by atoms with E-state index in [1.165, 1.54) is 0 Å². The van der Waals surface area contributed by atoms with Crippen molar-refractivity contribution in [3.63, 3.8) is 0 Å². The van der Waals surface area contributed by atoms with Gasteiger partial charge in [0, 0.05) is 6.42 Å². The summed E-state index contributed by atoms with van der Waals surface area (Å²) in [5.41, 5.74) is 0. The molecular formula is C5H7Cl5. The summed E-state index contributed by atoms with van der Waals surface area (Å²) in [5, 5.41) is 0. The third-order valence-electron chi connectivity index (χ3n) is 0.976. The van der Waals surface area contributed by atoms with Crippen LogP contribution >= 0.6 is 58.0 Å². The van der Waals surface area contributed by atoms with Crippen LogP contribution in [0.15, 0.2) is 0 Å². The molecule has 0 aliphatic heterocycles. The third kappa shape index (κ3) is 6.18. The van der Waals surface area contributed by atoms with Crippen LogP contribution in [0.25, 0.3) is 0 Å². The molecule has 0 aliphatic rings. The van der Waals surface area contributed by atoms with Crippen LogP contribution in [0, 0.1) is 0 Å². The first-order valence-corrected chi connectivity index (χ1v) is 4.60. The molecule has 0 unspecified atom stereocenters. The molecule has 0 spiro atoms. The molecule has 10 heavy (non-hydrogen) atoms. The summed E-state index contributed by atoms with van der Waals surface area (Å²) in [6.07, 6.45) is 0.703. The van der Waals surface area contributed by atoms with Gasteiger partial charge < -0.3 is 0 Å². The summed E-state index contributed by atoms with van der Waals surface area (Å²) in [6.45, 7) is 1.83. The maximum atomic E-state index is 5.72. The topological polar surface area (TPSA) is 0 Å². The standard InChI is InChI=1S/C5H7Cl5/c1-2-4(6,7)3-5(8,9)10/h2-3H2,1H3. The van der Waals surface area contributed by atoms with E-state index in [-0.39, 0.29) is 6.42 Å². The second-order valence-electron chi connectivity index (χ2n) is 2.00. The fourth-order valence-electron chi connectivity index (χ4n) is 0.418. The first kappa shape index (κ1) is 11.4. The van der Waals surface area contributed by atoms with E-state index >= 15 is 0 Å². The Kier molecular flexibility index (Phi) is 4.48. The van der Waals surface area contributed by atoms with Gasteiger partial charge in [0.2, 0.25) is 0 Å². The molecule has 0 nitrogen and oxygen atoms in total. The van der Waals surface area contributed by atoms with Gasteiger partial charge in [-0.3, -0.25) is 0 Å². The van der Waals surface area contributed by atoms with Crippen molar-refractivity contribution in [2.24, 2.45) is 0 Å². The van der Waals surface area contributed by atoms with E-state index in [9.17, 15) is 0 Å². The van der Waals surface area contributed by atoms with Crippen molar-refractivity contribution >= 4 is 58.0 Å². The summed E-state index contributed by atoms with van der Waals surface area (Å²) in [4.78, 5) is 0. The van der Waals surface area contributed by atoms with Crippen molar-refractivity contribution in [1.82, 2.24) is 0 Å². The minimum Gasteiger partial charge on any atom is -0.102 e. The van der Waals surface area contributed by atoms with Gasteiger partial charge in [0.05, 0.1) is 0 Å². The molecular weight excluding hydrogens is 237 g/mol. The van der Waals surface area contributed by atoms with Gasteiger partial charge in [-0.15, -0.1) is 23.2 Å². The number of hydrogen-bond donors (Lipinski definition) is 0. The first-order chi connectivity index (χ1) is 4.27. The maximum absolute atomic E-state index is 5.72. The average Bonchev–Trinajstić information content (AvgIpc) is 1.60. The van der Waals surface area contributed by atoms with E-state index < -0.39 is 8.13 Å². The highest BCUT2D eigenvalue weighted by Gasteiger charge is 2.33. The lowest BCUT2D eigenvalue weighted by Crippen LogP contribution is -2.19. The number of rotatable bonds is 2. The predicted molar refractivity (Wildman–Crippen MR) is 49.6 cm³/mol. The van der Waals surface area contributed by atoms with Crippen molar-refractivity contribution in [2.45, 2.75) is 27.9 Å². The lowest BCUT2D eigenvalue weighted by Gasteiger charge is -2.21. The quantitative estimate of drug-likeness (QED) is 0.634. The summed E-state index contributed by atoms with van der Waals surface area (Å²) in [6, 6.07) is 0. The normalized spacial score (nSPS) is 13.8. The number of alkyl halides is 5. The Morgan fingerprint density at radius 2 is 1.40 bits per heavy atom. The molecule has 0 bridgehead atoms. The zero-order chi connectivity index (χ0) is 8.41. The van der Waals surface area contributed by atoms with Crippen molar-refractivity contribution < 1.29 is 0 Å². The van der Waals surface area contributed by atoms with Gasteiger partial charge in [0.1, 0.15) is 4.33 Å². The minimum absolute atomic E-state index is 0.143. The van der Waals surface area contributed by atoms with Crippen LogP contribution in [-0.2, 0) is 0 Å². The highest BCUT2D eigenvalue weighted by molar-refractivity contribution is 6.68. The predicted octanol–water partition coefficient (Wildman–Crippen LogP) is 4.33. The Morgan fingerprint density at radius 3 is 1.50 bits per heavy atom. The molecule has 0 rings (SSSR count). The van der Waals surface area contributed by atoms with Crippen LogP contribution in [0.1, 0.15) is 19.8 Å². The summed E-state index contributed by atoms with van der Waals surface area (Å²) in [5.74, 6) is 0. The molecule has 0 N–H and O–H groups in total. The summed E-state index contributed by atoms with van der Waals surface area (Å²) in [7, 11) is 0. The fourth-order valence-corrected chi connectivity index (χ4v) is 1.91. The lowest BCUT2D eigenvalue weighted by atomic mass is 10.2. The smallest absolute Gasteiger partial charge is 0.102 e. The largest absolute Gasteiger partial charge is 0.193 e. The van der Waals surface area contributed by atoms with E-state index in [0.29, 0.717) is 6.42 Å². The van der Waals surface area contributed by atoms with Gasteiger partial charge in [0.25, 0.3) is 0 Å².